The van der Waals surface area contributed by atoms with Crippen molar-refractivity contribution in [3.05, 3.63) is 82.9 Å². The molecule has 7 heteroatoms. The highest BCUT2D eigenvalue weighted by Crippen LogP contribution is 2.39. The topological polar surface area (TPSA) is 77.1 Å². The van der Waals surface area contributed by atoms with Crippen LogP contribution >= 0.6 is 0 Å². The van der Waals surface area contributed by atoms with Gasteiger partial charge >= 0.3 is 0 Å². The standard InChI is InChI=1S/C30H32N2O5/c1-4-27-30(34)32(26-11-7-9-19-8-5-6-10-25(19)26)18-21-14-22(12-13-28(21)37-27)31-29(33)20-15-23(35-2)17-24(16-20)36-3/h5-6,8,10,12-17,26-27H,4,7,9,11,18H2,1-3H3,(H,31,33). The lowest BCUT2D eigenvalue weighted by atomic mass is 9.86. The maximum atomic E-state index is 13.6. The zero-order valence-electron chi connectivity index (χ0n) is 21.5. The van der Waals surface area contributed by atoms with Crippen molar-refractivity contribution in [2.45, 2.75) is 51.3 Å². The van der Waals surface area contributed by atoms with E-state index in [0.29, 0.717) is 41.5 Å². The van der Waals surface area contributed by atoms with E-state index >= 15 is 0 Å². The highest BCUT2D eigenvalue weighted by atomic mass is 16.5. The van der Waals surface area contributed by atoms with Gasteiger partial charge in [0.25, 0.3) is 11.8 Å². The van der Waals surface area contributed by atoms with Crippen LogP contribution in [0, 0.1) is 0 Å². The minimum atomic E-state index is -0.542. The molecule has 0 aromatic heterocycles. The second-order valence-electron chi connectivity index (χ2n) is 9.47. The zero-order chi connectivity index (χ0) is 25.9. The number of methoxy groups -OCH3 is 2. The van der Waals surface area contributed by atoms with Crippen LogP contribution in [0.1, 0.15) is 59.3 Å². The fraction of sp³-hybridized carbons (Fsp3) is 0.333. The summed E-state index contributed by atoms with van der Waals surface area (Å²) >= 11 is 0. The number of anilines is 1. The Labute approximate surface area is 217 Å². The van der Waals surface area contributed by atoms with Crippen LogP contribution in [-0.2, 0) is 17.8 Å². The molecule has 0 radical (unpaired) electrons. The molecule has 5 rings (SSSR count). The van der Waals surface area contributed by atoms with E-state index in [2.05, 4.69) is 23.5 Å². The van der Waals surface area contributed by atoms with Crippen molar-refractivity contribution in [3.63, 3.8) is 0 Å². The van der Waals surface area contributed by atoms with E-state index < -0.39 is 6.10 Å². The average Bonchev–Trinajstić information content (AvgIpc) is 3.08. The Morgan fingerprint density at radius 3 is 2.51 bits per heavy atom. The second kappa shape index (κ2) is 10.5. The molecule has 2 atom stereocenters. The van der Waals surface area contributed by atoms with Crippen molar-refractivity contribution in [3.8, 4) is 17.2 Å². The van der Waals surface area contributed by atoms with Crippen molar-refractivity contribution >= 4 is 17.5 Å². The van der Waals surface area contributed by atoms with E-state index in [1.807, 2.05) is 30.0 Å². The molecule has 2 aliphatic rings. The Bertz CT molecular complexity index is 1300. The number of benzene rings is 3. The number of nitrogens with one attached hydrogen (secondary N) is 1. The summed E-state index contributed by atoms with van der Waals surface area (Å²) in [5.41, 5.74) is 4.44. The summed E-state index contributed by atoms with van der Waals surface area (Å²) in [5.74, 6) is 1.47. The van der Waals surface area contributed by atoms with E-state index in [9.17, 15) is 9.59 Å². The van der Waals surface area contributed by atoms with E-state index in [1.165, 1.54) is 11.1 Å². The predicted octanol–water partition coefficient (Wildman–Crippen LogP) is 5.53. The highest BCUT2D eigenvalue weighted by Gasteiger charge is 2.36. The molecule has 1 aliphatic heterocycles. The maximum absolute atomic E-state index is 13.6. The number of aryl methyl sites for hydroxylation is 1. The molecule has 2 unspecified atom stereocenters. The molecule has 0 saturated heterocycles. The largest absolute Gasteiger partial charge is 0.497 e. The van der Waals surface area contributed by atoms with Crippen LogP contribution in [0.4, 0.5) is 5.69 Å². The first-order valence-corrected chi connectivity index (χ1v) is 12.7. The van der Waals surface area contributed by atoms with Crippen molar-refractivity contribution in [2.24, 2.45) is 0 Å². The first kappa shape index (κ1) is 24.7. The van der Waals surface area contributed by atoms with Gasteiger partial charge in [-0.15, -0.1) is 0 Å². The lowest BCUT2D eigenvalue weighted by Gasteiger charge is -2.36. The quantitative estimate of drug-likeness (QED) is 0.481. The van der Waals surface area contributed by atoms with Crippen LogP contribution in [0.5, 0.6) is 17.2 Å². The molecule has 0 saturated carbocycles. The summed E-state index contributed by atoms with van der Waals surface area (Å²) in [7, 11) is 3.09. The first-order valence-electron chi connectivity index (χ1n) is 12.7. The van der Waals surface area contributed by atoms with Gasteiger partial charge in [0.2, 0.25) is 0 Å². The Kier molecular flexibility index (Phi) is 7.04. The Hall–Kier alpha value is -4.00. The van der Waals surface area contributed by atoms with Crippen LogP contribution in [0.2, 0.25) is 0 Å². The molecule has 2 amide bonds. The molecule has 3 aromatic carbocycles. The molecule has 37 heavy (non-hydrogen) atoms. The zero-order valence-corrected chi connectivity index (χ0v) is 21.5. The minimum Gasteiger partial charge on any atom is -0.497 e. The Morgan fingerprint density at radius 2 is 1.78 bits per heavy atom. The number of nitrogens with zero attached hydrogens (tertiary/aromatic N) is 1. The van der Waals surface area contributed by atoms with Gasteiger partial charge in [0.15, 0.2) is 6.10 Å². The van der Waals surface area contributed by atoms with Gasteiger partial charge in [-0.05, 0) is 67.1 Å². The number of hydrogen-bond acceptors (Lipinski definition) is 5. The van der Waals surface area contributed by atoms with Gasteiger partial charge in [-0.3, -0.25) is 9.59 Å². The third-order valence-electron chi connectivity index (χ3n) is 7.19. The number of ether oxygens (including phenoxy) is 3. The predicted molar refractivity (Wildman–Crippen MR) is 141 cm³/mol. The lowest BCUT2D eigenvalue weighted by molar-refractivity contribution is -0.141. The monoisotopic (exact) mass is 500 g/mol. The maximum Gasteiger partial charge on any atom is 0.264 e. The summed E-state index contributed by atoms with van der Waals surface area (Å²) in [6.45, 7) is 2.39. The van der Waals surface area contributed by atoms with Gasteiger partial charge in [0.1, 0.15) is 17.2 Å². The number of carbonyl (C=O) groups excluding carboxylic acids is 2. The second-order valence-corrected chi connectivity index (χ2v) is 9.47. The summed E-state index contributed by atoms with van der Waals surface area (Å²) in [5, 5.41) is 2.97. The van der Waals surface area contributed by atoms with Crippen LogP contribution in [-0.4, -0.2) is 37.0 Å². The Balaban J connectivity index is 1.45. The van der Waals surface area contributed by atoms with Gasteiger partial charge < -0.3 is 24.4 Å². The van der Waals surface area contributed by atoms with Crippen molar-refractivity contribution in [1.29, 1.82) is 0 Å². The van der Waals surface area contributed by atoms with Gasteiger partial charge in [0.05, 0.1) is 26.8 Å². The number of rotatable bonds is 6. The minimum absolute atomic E-state index is 0.00328. The molecule has 192 valence electrons. The summed E-state index contributed by atoms with van der Waals surface area (Å²) in [4.78, 5) is 28.7. The molecule has 0 bridgehead atoms. The Morgan fingerprint density at radius 1 is 1.03 bits per heavy atom. The van der Waals surface area contributed by atoms with Gasteiger partial charge in [-0.2, -0.15) is 0 Å². The van der Waals surface area contributed by atoms with Crippen LogP contribution in [0.25, 0.3) is 0 Å². The molecule has 3 aromatic rings. The fourth-order valence-electron chi connectivity index (χ4n) is 5.26. The van der Waals surface area contributed by atoms with Crippen LogP contribution < -0.4 is 19.5 Å². The molecule has 1 heterocycles. The van der Waals surface area contributed by atoms with Crippen molar-refractivity contribution in [1.82, 2.24) is 4.90 Å². The number of fused-ring (bicyclic) bond motifs is 2. The van der Waals surface area contributed by atoms with E-state index in [-0.39, 0.29) is 17.9 Å². The third-order valence-corrected chi connectivity index (χ3v) is 7.19. The molecule has 1 N–H and O–H groups in total. The van der Waals surface area contributed by atoms with Gasteiger partial charge in [-0.25, -0.2) is 0 Å². The number of hydrogen-bond donors (Lipinski definition) is 1. The van der Waals surface area contributed by atoms with E-state index in [4.69, 9.17) is 14.2 Å². The van der Waals surface area contributed by atoms with Gasteiger partial charge in [0, 0.05) is 22.9 Å². The normalized spacial score (nSPS) is 18.7. The molecule has 0 spiro atoms. The van der Waals surface area contributed by atoms with E-state index in [0.717, 1.165) is 24.8 Å². The number of amides is 2. The summed E-state index contributed by atoms with van der Waals surface area (Å²) < 4.78 is 16.8. The molecular weight excluding hydrogens is 468 g/mol. The smallest absolute Gasteiger partial charge is 0.264 e. The average molecular weight is 501 g/mol. The molecular formula is C30H32N2O5. The summed E-state index contributed by atoms with van der Waals surface area (Å²) in [6.07, 6.45) is 3.03. The lowest BCUT2D eigenvalue weighted by Crippen LogP contribution is -2.42. The third kappa shape index (κ3) is 4.99. The number of carbonyl (C=O) groups is 2. The van der Waals surface area contributed by atoms with E-state index in [1.54, 1.807) is 38.5 Å². The molecule has 0 fully saturated rings. The SMILES string of the molecule is CCC1Oc2ccc(NC(=O)c3cc(OC)cc(OC)c3)cc2CN(C2CCCc3ccccc32)C1=O. The fourth-order valence-corrected chi connectivity index (χ4v) is 5.26. The van der Waals surface area contributed by atoms with Crippen molar-refractivity contribution < 1.29 is 23.8 Å². The van der Waals surface area contributed by atoms with Crippen LogP contribution in [0.15, 0.2) is 60.7 Å². The van der Waals surface area contributed by atoms with Gasteiger partial charge in [-0.1, -0.05) is 31.2 Å². The molecule has 7 nitrogen and oxygen atoms in total. The molecule has 1 aliphatic carbocycles. The first-order chi connectivity index (χ1) is 18.0. The van der Waals surface area contributed by atoms with Crippen molar-refractivity contribution in [2.75, 3.05) is 19.5 Å². The van der Waals surface area contributed by atoms with Crippen LogP contribution in [0.3, 0.4) is 0 Å². The highest BCUT2D eigenvalue weighted by molar-refractivity contribution is 6.05. The summed E-state index contributed by atoms with van der Waals surface area (Å²) in [6, 6.07) is 19.0.